The summed E-state index contributed by atoms with van der Waals surface area (Å²) in [5.74, 6) is -0.936. The van der Waals surface area contributed by atoms with Crippen molar-refractivity contribution in [1.29, 1.82) is 0 Å². The van der Waals surface area contributed by atoms with Gasteiger partial charge in [0.25, 0.3) is 0 Å². The number of anilines is 1. The third kappa shape index (κ3) is 7.37. The number of hydrogen-bond donors (Lipinski definition) is 1. The second-order valence-electron chi connectivity index (χ2n) is 6.98. The van der Waals surface area contributed by atoms with E-state index in [2.05, 4.69) is 4.74 Å². The molecule has 0 saturated carbocycles. The van der Waals surface area contributed by atoms with Crippen LogP contribution in [0.2, 0.25) is 5.02 Å². The molecule has 0 amide bonds. The molecule has 7 nitrogen and oxygen atoms in total. The molecular weight excluding hydrogens is 538 g/mol. The first-order chi connectivity index (χ1) is 17.0. The first-order valence-corrected chi connectivity index (χ1v) is 10.4. The molecule has 198 valence electrons. The van der Waals surface area contributed by atoms with Crippen LogP contribution < -0.4 is 27.6 Å². The van der Waals surface area contributed by atoms with Gasteiger partial charge in [-0.1, -0.05) is 23.7 Å². The Morgan fingerprint density at radius 1 is 0.946 bits per heavy atom. The molecule has 0 unspecified atom stereocenters. The zero-order chi connectivity index (χ0) is 27.0. The van der Waals surface area contributed by atoms with E-state index >= 15 is 0 Å². The van der Waals surface area contributed by atoms with E-state index in [-0.39, 0.29) is 30.0 Å². The van der Waals surface area contributed by atoms with Crippen molar-refractivity contribution in [2.75, 3.05) is 27.1 Å². The van der Waals surface area contributed by atoms with Crippen molar-refractivity contribution >= 4 is 35.3 Å². The van der Waals surface area contributed by atoms with Crippen molar-refractivity contribution in [1.82, 2.24) is 0 Å². The summed E-state index contributed by atoms with van der Waals surface area (Å²) in [6, 6.07) is 12.7. The molecule has 0 bridgehead atoms. The maximum Gasteiger partial charge on any atom is 0.418 e. The second-order valence-corrected chi connectivity index (χ2v) is 7.39. The number of ether oxygens (including phenoxy) is 3. The number of carbonyl (C=O) groups is 3. The molecule has 3 aromatic carbocycles. The van der Waals surface area contributed by atoms with Crippen LogP contribution in [0.25, 0.3) is 0 Å². The van der Waals surface area contributed by atoms with Crippen LogP contribution in [-0.4, -0.2) is 39.4 Å². The first-order valence-electron chi connectivity index (χ1n) is 10.0. The number of nitrogens with two attached hydrogens (primary N) is 1. The van der Waals surface area contributed by atoms with E-state index in [1.807, 2.05) is 0 Å². The smallest absolute Gasteiger partial charge is 0.418 e. The quantitative estimate of drug-likeness (QED) is 0.214. The van der Waals surface area contributed by atoms with Gasteiger partial charge in [-0.2, -0.15) is 13.2 Å². The van der Waals surface area contributed by atoms with Crippen molar-refractivity contribution in [3.8, 4) is 11.5 Å². The molecule has 3 aromatic rings. The van der Waals surface area contributed by atoms with Crippen LogP contribution in [0.1, 0.15) is 42.2 Å². The fourth-order valence-corrected chi connectivity index (χ4v) is 3.39. The Balaban J connectivity index is 0.000000479. The topological polar surface area (TPSA) is 105 Å². The lowest BCUT2D eigenvalue weighted by Gasteiger charge is -2.16. The van der Waals surface area contributed by atoms with Gasteiger partial charge in [0, 0.05) is 22.4 Å². The van der Waals surface area contributed by atoms with E-state index in [0.717, 1.165) is 12.1 Å². The van der Waals surface area contributed by atoms with Gasteiger partial charge in [0.15, 0.2) is 23.6 Å². The number of ketones is 1. The average molecular weight is 559 g/mol. The maximum absolute atomic E-state index is 13.4. The lowest BCUT2D eigenvalue weighted by atomic mass is 9.93. The van der Waals surface area contributed by atoms with E-state index < -0.39 is 39.6 Å². The highest BCUT2D eigenvalue weighted by molar-refractivity contribution is 6.32. The number of methoxy groups -OCH3 is 3. The predicted octanol–water partition coefficient (Wildman–Crippen LogP) is 2.48. The molecule has 37 heavy (non-hydrogen) atoms. The predicted molar refractivity (Wildman–Crippen MR) is 127 cm³/mol. The van der Waals surface area contributed by atoms with E-state index in [0.29, 0.717) is 17.0 Å². The molecule has 3 rings (SSSR count). The molecule has 2 N–H and O–H groups in total. The molecule has 0 aromatic heterocycles. The van der Waals surface area contributed by atoms with Crippen LogP contribution in [0.15, 0.2) is 54.6 Å². The third-order valence-corrected chi connectivity index (χ3v) is 5.15. The van der Waals surface area contributed by atoms with Crippen LogP contribution in [0.3, 0.4) is 0 Å². The summed E-state index contributed by atoms with van der Waals surface area (Å²) >= 11 is 5.65. The summed E-state index contributed by atoms with van der Waals surface area (Å²) in [6.07, 6.45) is -4.72. The summed E-state index contributed by atoms with van der Waals surface area (Å²) < 4.78 is 54.7. The molecule has 0 atom stereocenters. The van der Waals surface area contributed by atoms with E-state index in [1.165, 1.54) is 39.5 Å². The van der Waals surface area contributed by atoms with Crippen molar-refractivity contribution in [2.24, 2.45) is 0 Å². The molecule has 0 fully saturated rings. The first kappa shape index (κ1) is 31.3. The lowest BCUT2D eigenvalue weighted by Crippen LogP contribution is -3.00. The minimum atomic E-state index is -4.91. The van der Waals surface area contributed by atoms with Gasteiger partial charge in [0.1, 0.15) is 0 Å². The zero-order valence-corrected chi connectivity index (χ0v) is 21.2. The normalized spacial score (nSPS) is 10.2. The van der Waals surface area contributed by atoms with Gasteiger partial charge in [-0.05, 0) is 42.5 Å². The number of hydrogen-bond acceptors (Lipinski definition) is 7. The molecular formula is C25H21Cl2F3NO6-. The minimum absolute atomic E-state index is 0. The summed E-state index contributed by atoms with van der Waals surface area (Å²) in [5.41, 5.74) is 3.69. The molecule has 0 aliphatic heterocycles. The number of halogens is 5. The molecule has 0 heterocycles. The van der Waals surface area contributed by atoms with Crippen molar-refractivity contribution in [3.63, 3.8) is 0 Å². The summed E-state index contributed by atoms with van der Waals surface area (Å²) in [4.78, 5) is 34.8. The van der Waals surface area contributed by atoms with Gasteiger partial charge in [-0.15, -0.1) is 0 Å². The van der Waals surface area contributed by atoms with Crippen LogP contribution >= 0.6 is 11.6 Å². The van der Waals surface area contributed by atoms with Crippen LogP contribution in [-0.2, 0) is 10.9 Å². The van der Waals surface area contributed by atoms with Crippen molar-refractivity contribution in [2.45, 2.75) is 6.18 Å². The highest BCUT2D eigenvalue weighted by Gasteiger charge is 2.39. The lowest BCUT2D eigenvalue weighted by molar-refractivity contribution is -0.137. The van der Waals surface area contributed by atoms with Crippen LogP contribution in [0.4, 0.5) is 18.9 Å². The number of nitrogen functional groups attached to an aromatic ring is 1. The molecule has 0 aliphatic carbocycles. The Hall–Kier alpha value is -3.76. The Morgan fingerprint density at radius 2 is 1.57 bits per heavy atom. The van der Waals surface area contributed by atoms with E-state index in [1.54, 1.807) is 24.3 Å². The van der Waals surface area contributed by atoms with E-state index in [4.69, 9.17) is 26.8 Å². The number of para-hydroxylation sites is 1. The Bertz CT molecular complexity index is 1280. The number of aldehydes is 1. The zero-order valence-electron chi connectivity index (χ0n) is 19.7. The summed E-state index contributed by atoms with van der Waals surface area (Å²) in [6.45, 7) is 0. The fraction of sp³-hybridized carbons (Fsp3) is 0.160. The number of alkyl halides is 3. The van der Waals surface area contributed by atoms with Crippen molar-refractivity contribution in [3.05, 3.63) is 87.4 Å². The SMILES string of the molecule is COC(=O)c1ccccc1N.COc1ccc(C(=O)c2c(C=O)ccc(Cl)c2C(F)(F)F)cc1OC.[Cl-]. The number of rotatable bonds is 6. The van der Waals surface area contributed by atoms with Gasteiger partial charge in [-0.3, -0.25) is 9.59 Å². The molecule has 12 heteroatoms. The average Bonchev–Trinajstić information content (AvgIpc) is 2.87. The highest BCUT2D eigenvalue weighted by Crippen LogP contribution is 2.39. The number of carbonyl (C=O) groups excluding carboxylic acids is 3. The number of benzene rings is 3. The van der Waals surface area contributed by atoms with Crippen molar-refractivity contribution < 1.29 is 54.2 Å². The van der Waals surface area contributed by atoms with Crippen LogP contribution in [0.5, 0.6) is 11.5 Å². The molecule has 0 aliphatic rings. The fourth-order valence-electron chi connectivity index (χ4n) is 3.13. The Labute approximate surface area is 221 Å². The molecule has 0 saturated heterocycles. The maximum atomic E-state index is 13.4. The number of esters is 1. The van der Waals surface area contributed by atoms with Gasteiger partial charge in [-0.25, -0.2) is 4.79 Å². The Morgan fingerprint density at radius 3 is 2.08 bits per heavy atom. The van der Waals surface area contributed by atoms with Crippen LogP contribution in [0, 0.1) is 0 Å². The standard InChI is InChI=1S/C17H12ClF3O4.C8H9NO2.ClH/c1-24-12-6-4-9(7-13(12)25-2)16(23)14-10(8-22)3-5-11(18)15(14)17(19,20)21;1-11-8(10)6-4-2-3-5-7(6)9;/h3-8H,1-2H3;2-5H,9H2,1H3;1H/p-1. The monoisotopic (exact) mass is 558 g/mol. The minimum Gasteiger partial charge on any atom is -1.00 e. The second kappa shape index (κ2) is 13.5. The van der Waals surface area contributed by atoms with Gasteiger partial charge >= 0.3 is 12.1 Å². The van der Waals surface area contributed by atoms with Gasteiger partial charge in [0.2, 0.25) is 0 Å². The highest BCUT2D eigenvalue weighted by atomic mass is 35.5. The summed E-state index contributed by atoms with van der Waals surface area (Å²) in [7, 11) is 4.03. The van der Waals surface area contributed by atoms with Gasteiger partial charge in [0.05, 0.1) is 37.5 Å². The van der Waals surface area contributed by atoms with E-state index in [9.17, 15) is 27.6 Å². The summed E-state index contributed by atoms with van der Waals surface area (Å²) in [5, 5.41) is -0.665. The Kier molecular flexibility index (Phi) is 11.4. The van der Waals surface area contributed by atoms with Gasteiger partial charge < -0.3 is 32.4 Å². The third-order valence-electron chi connectivity index (χ3n) is 4.84. The largest absolute Gasteiger partial charge is 1.00 e. The molecule has 0 spiro atoms. The molecule has 0 radical (unpaired) electrons.